The molecule has 0 unspecified atom stereocenters. The van der Waals surface area contributed by atoms with Gasteiger partial charge in [0.25, 0.3) is 0 Å². The van der Waals surface area contributed by atoms with Crippen LogP contribution in [0.3, 0.4) is 0 Å². The van der Waals surface area contributed by atoms with Gasteiger partial charge in [-0.1, -0.05) is 54.0 Å². The largest absolute Gasteiger partial charge is 0.384 e. The molecule has 0 aliphatic rings. The Morgan fingerprint density at radius 3 is 2.52 bits per heavy atom. The number of hydrogen-bond acceptors (Lipinski definition) is 2. The van der Waals surface area contributed by atoms with E-state index in [2.05, 4.69) is 71.5 Å². The number of rotatable bonds is 4. The smallest absolute Gasteiger partial charge is 0.0805 e. The van der Waals surface area contributed by atoms with Crippen LogP contribution in [0, 0.1) is 0 Å². The minimum atomic E-state index is 0.946. The average Bonchev–Trinajstić information content (AvgIpc) is 2.53. The van der Waals surface area contributed by atoms with Gasteiger partial charge in [0, 0.05) is 33.2 Å². The second-order valence-electron chi connectivity index (χ2n) is 5.24. The van der Waals surface area contributed by atoms with Crippen LogP contribution >= 0.6 is 15.9 Å². The molecule has 3 aromatic rings. The second kappa shape index (κ2) is 6.02. The summed E-state index contributed by atoms with van der Waals surface area (Å²) in [6.45, 7) is 5.31. The molecule has 21 heavy (non-hydrogen) atoms. The average molecular weight is 343 g/mol. The lowest BCUT2D eigenvalue weighted by atomic mass is 10.0. The summed E-state index contributed by atoms with van der Waals surface area (Å²) in [4.78, 5) is 4.87. The van der Waals surface area contributed by atoms with Crippen LogP contribution in [-0.2, 0) is 6.42 Å². The van der Waals surface area contributed by atoms with E-state index < -0.39 is 0 Å². The van der Waals surface area contributed by atoms with Crippen LogP contribution in [0.5, 0.6) is 0 Å². The Morgan fingerprint density at radius 1 is 1.05 bits per heavy atom. The zero-order valence-corrected chi connectivity index (χ0v) is 14.0. The molecular weight excluding hydrogens is 324 g/mol. The van der Waals surface area contributed by atoms with Crippen molar-refractivity contribution in [3.63, 3.8) is 0 Å². The third-order valence-electron chi connectivity index (χ3n) is 3.75. The minimum absolute atomic E-state index is 0.946. The van der Waals surface area contributed by atoms with Crippen LogP contribution in [0.25, 0.3) is 21.7 Å². The maximum Gasteiger partial charge on any atom is 0.0805 e. The van der Waals surface area contributed by atoms with Gasteiger partial charge in [-0.3, -0.25) is 4.98 Å². The number of halogens is 1. The second-order valence-corrected chi connectivity index (χ2v) is 6.10. The van der Waals surface area contributed by atoms with Crippen LogP contribution in [0.2, 0.25) is 0 Å². The predicted molar refractivity (Wildman–Crippen MR) is 95.1 cm³/mol. The number of aryl methyl sites for hydroxylation is 1. The molecule has 0 bridgehead atoms. The standard InChI is InChI=1S/C18H19BrN2/c1-3-9-20-17-10-12(4-2)21-18-14-8-6-5-7-13(14)16(19)11-15(17)18/h5-8,10-11H,3-4,9H2,1-2H3,(H,20,21). The Kier molecular flexibility index (Phi) is 4.11. The normalized spacial score (nSPS) is 11.2. The highest BCUT2D eigenvalue weighted by Gasteiger charge is 2.10. The molecule has 0 atom stereocenters. The van der Waals surface area contributed by atoms with Crippen molar-refractivity contribution in [3.8, 4) is 0 Å². The summed E-state index contributed by atoms with van der Waals surface area (Å²) in [6, 6.07) is 12.8. The van der Waals surface area contributed by atoms with Crippen LogP contribution in [-0.4, -0.2) is 11.5 Å². The number of nitrogens with one attached hydrogen (secondary N) is 1. The first-order chi connectivity index (χ1) is 10.2. The quantitative estimate of drug-likeness (QED) is 0.630. The summed E-state index contributed by atoms with van der Waals surface area (Å²) in [5, 5.41) is 7.15. The van der Waals surface area contributed by atoms with Crippen molar-refractivity contribution in [1.29, 1.82) is 0 Å². The zero-order chi connectivity index (χ0) is 14.8. The van der Waals surface area contributed by atoms with E-state index >= 15 is 0 Å². The Morgan fingerprint density at radius 2 is 1.81 bits per heavy atom. The highest BCUT2D eigenvalue weighted by Crippen LogP contribution is 2.34. The topological polar surface area (TPSA) is 24.9 Å². The highest BCUT2D eigenvalue weighted by molar-refractivity contribution is 9.10. The maximum atomic E-state index is 4.87. The minimum Gasteiger partial charge on any atom is -0.384 e. The summed E-state index contributed by atoms with van der Waals surface area (Å²) < 4.78 is 1.12. The summed E-state index contributed by atoms with van der Waals surface area (Å²) in [6.07, 6.45) is 2.06. The van der Waals surface area contributed by atoms with Crippen molar-refractivity contribution in [2.45, 2.75) is 26.7 Å². The molecule has 108 valence electrons. The Labute approximate surface area is 133 Å². The Hall–Kier alpha value is -1.61. The Bertz CT molecular complexity index is 796. The zero-order valence-electron chi connectivity index (χ0n) is 12.4. The molecule has 0 saturated heterocycles. The molecule has 0 aliphatic carbocycles. The van der Waals surface area contributed by atoms with E-state index in [0.29, 0.717) is 0 Å². The highest BCUT2D eigenvalue weighted by atomic mass is 79.9. The monoisotopic (exact) mass is 342 g/mol. The van der Waals surface area contributed by atoms with E-state index in [-0.39, 0.29) is 0 Å². The lowest BCUT2D eigenvalue weighted by molar-refractivity contribution is 0.977. The first kappa shape index (κ1) is 14.3. The van der Waals surface area contributed by atoms with Gasteiger partial charge in [-0.15, -0.1) is 0 Å². The SMILES string of the molecule is CCCNc1cc(CC)nc2c1cc(Br)c1ccccc12. The van der Waals surface area contributed by atoms with Crippen molar-refractivity contribution in [2.75, 3.05) is 11.9 Å². The van der Waals surface area contributed by atoms with Gasteiger partial charge in [-0.2, -0.15) is 0 Å². The molecule has 3 rings (SSSR count). The molecule has 0 spiro atoms. The van der Waals surface area contributed by atoms with E-state index in [1.807, 2.05) is 0 Å². The predicted octanol–water partition coefficient (Wildman–Crippen LogP) is 5.53. The fourth-order valence-corrected chi connectivity index (χ4v) is 3.22. The van der Waals surface area contributed by atoms with E-state index in [0.717, 1.165) is 35.1 Å². The molecule has 1 N–H and O–H groups in total. The molecule has 0 amide bonds. The Balaban J connectivity index is 2.36. The van der Waals surface area contributed by atoms with Gasteiger partial charge in [0.2, 0.25) is 0 Å². The number of pyridine rings is 1. The molecule has 3 heteroatoms. The summed E-state index contributed by atoms with van der Waals surface area (Å²) in [7, 11) is 0. The number of fused-ring (bicyclic) bond motifs is 3. The number of benzene rings is 2. The molecule has 1 aromatic heterocycles. The molecule has 0 saturated carbocycles. The van der Waals surface area contributed by atoms with Crippen molar-refractivity contribution >= 4 is 43.3 Å². The number of aromatic nitrogens is 1. The summed E-state index contributed by atoms with van der Waals surface area (Å²) in [5.74, 6) is 0. The van der Waals surface area contributed by atoms with Gasteiger partial charge >= 0.3 is 0 Å². The van der Waals surface area contributed by atoms with Crippen molar-refractivity contribution in [2.24, 2.45) is 0 Å². The number of nitrogens with zero attached hydrogens (tertiary/aromatic N) is 1. The van der Waals surface area contributed by atoms with E-state index in [4.69, 9.17) is 4.98 Å². The van der Waals surface area contributed by atoms with Crippen LogP contribution < -0.4 is 5.32 Å². The van der Waals surface area contributed by atoms with E-state index in [9.17, 15) is 0 Å². The van der Waals surface area contributed by atoms with Gasteiger partial charge in [0.1, 0.15) is 0 Å². The number of hydrogen-bond donors (Lipinski definition) is 1. The van der Waals surface area contributed by atoms with Gasteiger partial charge in [0.05, 0.1) is 5.52 Å². The van der Waals surface area contributed by atoms with Crippen LogP contribution in [0.4, 0.5) is 5.69 Å². The van der Waals surface area contributed by atoms with E-state index in [1.54, 1.807) is 0 Å². The van der Waals surface area contributed by atoms with Crippen molar-refractivity contribution in [3.05, 3.63) is 46.6 Å². The molecule has 0 fully saturated rings. The lowest BCUT2D eigenvalue weighted by Crippen LogP contribution is -2.02. The third-order valence-corrected chi connectivity index (χ3v) is 4.41. The molecule has 0 radical (unpaired) electrons. The van der Waals surface area contributed by atoms with Gasteiger partial charge in [-0.25, -0.2) is 0 Å². The first-order valence-electron chi connectivity index (χ1n) is 7.49. The fourth-order valence-electron chi connectivity index (χ4n) is 2.65. The summed E-state index contributed by atoms with van der Waals surface area (Å²) in [5.41, 5.74) is 3.41. The third kappa shape index (κ3) is 2.62. The van der Waals surface area contributed by atoms with Crippen LogP contribution in [0.15, 0.2) is 40.9 Å². The molecule has 2 aromatic carbocycles. The number of anilines is 1. The van der Waals surface area contributed by atoms with Crippen molar-refractivity contribution in [1.82, 2.24) is 4.98 Å². The first-order valence-corrected chi connectivity index (χ1v) is 8.28. The van der Waals surface area contributed by atoms with Crippen LogP contribution in [0.1, 0.15) is 26.0 Å². The maximum absolute atomic E-state index is 4.87. The molecule has 2 nitrogen and oxygen atoms in total. The van der Waals surface area contributed by atoms with Gasteiger partial charge in [-0.05, 0) is 30.4 Å². The summed E-state index contributed by atoms with van der Waals surface area (Å²) >= 11 is 3.70. The van der Waals surface area contributed by atoms with Gasteiger partial charge in [0.15, 0.2) is 0 Å². The van der Waals surface area contributed by atoms with E-state index in [1.165, 1.54) is 21.8 Å². The molecule has 1 heterocycles. The molecule has 0 aliphatic heterocycles. The van der Waals surface area contributed by atoms with Gasteiger partial charge < -0.3 is 5.32 Å². The lowest BCUT2D eigenvalue weighted by Gasteiger charge is -2.13. The van der Waals surface area contributed by atoms with Crippen molar-refractivity contribution < 1.29 is 0 Å². The fraction of sp³-hybridized carbons (Fsp3) is 0.278. The molecular formula is C18H19BrN2.